The molecule has 0 bridgehead atoms. The minimum Gasteiger partial charge on any atom is -0.487 e. The molecule has 1 aromatic carbocycles. The number of aliphatic hydroxyl groups is 2. The quantitative estimate of drug-likeness (QED) is 0.253. The number of aliphatic hydroxyl groups excluding tert-OH is 2. The summed E-state index contributed by atoms with van der Waals surface area (Å²) in [5.41, 5.74) is 4.77. The predicted octanol–water partition coefficient (Wildman–Crippen LogP) is 8.49. The Morgan fingerprint density at radius 1 is 0.861 bits per heavy atom. The molecule has 6 atom stereocenters. The van der Waals surface area contributed by atoms with Crippen molar-refractivity contribution in [3.8, 4) is 5.75 Å². The highest BCUT2D eigenvalue weighted by Crippen LogP contribution is 2.45. The number of rotatable bonds is 15. The third kappa shape index (κ3) is 9.05. The molecule has 208 valence electrons. The molecule has 3 heteroatoms. The zero-order chi connectivity index (χ0) is 27.0. The van der Waals surface area contributed by atoms with Gasteiger partial charge in [-0.1, -0.05) is 78.7 Å². The molecule has 2 rings (SSSR count). The van der Waals surface area contributed by atoms with E-state index in [1.165, 1.54) is 67.2 Å². The molecule has 0 amide bonds. The number of aryl methyl sites for hydroxylation is 2. The zero-order valence-corrected chi connectivity index (χ0v) is 25.1. The molecule has 0 aromatic heterocycles. The molecule has 0 radical (unpaired) electrons. The van der Waals surface area contributed by atoms with Crippen molar-refractivity contribution in [2.75, 3.05) is 0 Å². The van der Waals surface area contributed by atoms with Gasteiger partial charge in [0.2, 0.25) is 0 Å². The van der Waals surface area contributed by atoms with Crippen LogP contribution in [0, 0.1) is 44.4 Å². The molecule has 1 aliphatic heterocycles. The summed E-state index contributed by atoms with van der Waals surface area (Å²) in [5.74, 6) is 3.67. The van der Waals surface area contributed by atoms with E-state index in [1.807, 2.05) is 0 Å². The number of hydrogen-bond acceptors (Lipinski definition) is 3. The van der Waals surface area contributed by atoms with E-state index < -0.39 is 12.2 Å². The maximum atomic E-state index is 10.6. The summed E-state index contributed by atoms with van der Waals surface area (Å²) in [6.07, 6.45) is 11.5. The van der Waals surface area contributed by atoms with Crippen LogP contribution in [0.3, 0.4) is 0 Å². The monoisotopic (exact) mass is 502 g/mol. The maximum Gasteiger partial charge on any atom is 0.126 e. The first-order chi connectivity index (χ1) is 16.8. The minimum absolute atomic E-state index is 0.192. The lowest BCUT2D eigenvalue weighted by atomic mass is 9.73. The predicted molar refractivity (Wildman–Crippen MR) is 154 cm³/mol. The highest BCUT2D eigenvalue weighted by Gasteiger charge is 2.42. The third-order valence-corrected chi connectivity index (χ3v) is 9.09. The fourth-order valence-electron chi connectivity index (χ4n) is 6.13. The third-order valence-electron chi connectivity index (χ3n) is 9.09. The first-order valence-electron chi connectivity index (χ1n) is 15.0. The maximum absolute atomic E-state index is 10.6. The fourth-order valence-corrected chi connectivity index (χ4v) is 6.13. The van der Waals surface area contributed by atoms with E-state index in [-0.39, 0.29) is 11.5 Å². The smallest absolute Gasteiger partial charge is 0.126 e. The van der Waals surface area contributed by atoms with E-state index >= 15 is 0 Å². The van der Waals surface area contributed by atoms with E-state index in [4.69, 9.17) is 4.74 Å². The average molecular weight is 503 g/mol. The molecule has 36 heavy (non-hydrogen) atoms. The average Bonchev–Trinajstić information content (AvgIpc) is 2.78. The van der Waals surface area contributed by atoms with Crippen molar-refractivity contribution in [1.29, 1.82) is 0 Å². The molecule has 0 fully saturated rings. The number of fused-ring (bicyclic) bond motifs is 1. The molecule has 0 saturated carbocycles. The Morgan fingerprint density at radius 2 is 1.42 bits per heavy atom. The van der Waals surface area contributed by atoms with Gasteiger partial charge in [0.1, 0.15) is 11.4 Å². The lowest BCUT2D eigenvalue weighted by molar-refractivity contribution is -0.0463. The molecule has 6 unspecified atom stereocenters. The van der Waals surface area contributed by atoms with Gasteiger partial charge in [0, 0.05) is 5.92 Å². The molecular weight excluding hydrogens is 444 g/mol. The Hall–Kier alpha value is -1.06. The standard InChI is InChI=1S/C33H58O3/c1-22(2)13-10-14-23(3)15-11-16-24(4)17-12-18-33(9)29(21-31(35)28(8)34)20-30-26(6)19-25(5)27(7)32(30)36-33/h19,22-24,28-29,31,34-35H,10-18,20-21H2,1-9H3. The van der Waals surface area contributed by atoms with Gasteiger partial charge in [-0.3, -0.25) is 0 Å². The van der Waals surface area contributed by atoms with E-state index in [2.05, 4.69) is 61.5 Å². The summed E-state index contributed by atoms with van der Waals surface area (Å²) in [4.78, 5) is 0. The molecule has 0 spiro atoms. The molecule has 0 aliphatic carbocycles. The summed E-state index contributed by atoms with van der Waals surface area (Å²) in [5, 5.41) is 20.6. The topological polar surface area (TPSA) is 49.7 Å². The Morgan fingerprint density at radius 3 is 1.97 bits per heavy atom. The second-order valence-corrected chi connectivity index (χ2v) is 13.2. The molecule has 2 N–H and O–H groups in total. The van der Waals surface area contributed by atoms with Gasteiger partial charge in [0.15, 0.2) is 0 Å². The second kappa shape index (κ2) is 14.2. The summed E-state index contributed by atoms with van der Waals surface area (Å²) in [6.45, 7) is 19.9. The van der Waals surface area contributed by atoms with Gasteiger partial charge >= 0.3 is 0 Å². The normalized spacial score (nSPS) is 23.2. The van der Waals surface area contributed by atoms with Crippen molar-refractivity contribution in [2.24, 2.45) is 23.7 Å². The van der Waals surface area contributed by atoms with E-state index in [0.717, 1.165) is 42.8 Å². The first-order valence-corrected chi connectivity index (χ1v) is 15.0. The molecule has 3 nitrogen and oxygen atoms in total. The van der Waals surface area contributed by atoms with Crippen molar-refractivity contribution in [2.45, 2.75) is 151 Å². The second-order valence-electron chi connectivity index (χ2n) is 13.2. The summed E-state index contributed by atoms with van der Waals surface area (Å²) < 4.78 is 6.86. The lowest BCUT2D eigenvalue weighted by Crippen LogP contribution is -2.47. The van der Waals surface area contributed by atoms with Crippen LogP contribution < -0.4 is 4.74 Å². The van der Waals surface area contributed by atoms with Crippen LogP contribution in [0.5, 0.6) is 5.75 Å². The van der Waals surface area contributed by atoms with Crippen molar-refractivity contribution in [1.82, 2.24) is 0 Å². The van der Waals surface area contributed by atoms with Crippen LogP contribution >= 0.6 is 0 Å². The lowest BCUT2D eigenvalue weighted by Gasteiger charge is -2.45. The van der Waals surface area contributed by atoms with Crippen LogP contribution in [0.25, 0.3) is 0 Å². The summed E-state index contributed by atoms with van der Waals surface area (Å²) in [7, 11) is 0. The van der Waals surface area contributed by atoms with Crippen LogP contribution in [-0.2, 0) is 6.42 Å². The Balaban J connectivity index is 1.95. The van der Waals surface area contributed by atoms with Crippen LogP contribution in [0.4, 0.5) is 0 Å². The number of benzene rings is 1. The van der Waals surface area contributed by atoms with Crippen LogP contribution in [0.1, 0.15) is 128 Å². The van der Waals surface area contributed by atoms with Crippen molar-refractivity contribution in [3.63, 3.8) is 0 Å². The zero-order valence-electron chi connectivity index (χ0n) is 25.1. The van der Waals surface area contributed by atoms with Crippen LogP contribution in [-0.4, -0.2) is 28.0 Å². The molecule has 0 saturated heterocycles. The highest BCUT2D eigenvalue weighted by atomic mass is 16.5. The first kappa shape index (κ1) is 31.2. The van der Waals surface area contributed by atoms with Gasteiger partial charge in [-0.2, -0.15) is 0 Å². The molecule has 1 heterocycles. The van der Waals surface area contributed by atoms with Gasteiger partial charge in [-0.25, -0.2) is 0 Å². The van der Waals surface area contributed by atoms with Gasteiger partial charge in [0.25, 0.3) is 0 Å². The van der Waals surface area contributed by atoms with Crippen molar-refractivity contribution >= 4 is 0 Å². The van der Waals surface area contributed by atoms with Gasteiger partial charge < -0.3 is 14.9 Å². The van der Waals surface area contributed by atoms with Crippen LogP contribution in [0.15, 0.2) is 6.07 Å². The Kier molecular flexibility index (Phi) is 12.3. The van der Waals surface area contributed by atoms with Crippen molar-refractivity contribution < 1.29 is 14.9 Å². The number of hydrogen-bond donors (Lipinski definition) is 2. The summed E-state index contributed by atoms with van der Waals surface area (Å²) >= 11 is 0. The molecular formula is C33H58O3. The van der Waals surface area contributed by atoms with E-state index in [1.54, 1.807) is 6.92 Å². The highest BCUT2D eigenvalue weighted by molar-refractivity contribution is 5.51. The number of ether oxygens (including phenoxy) is 1. The molecule has 1 aromatic rings. The fraction of sp³-hybridized carbons (Fsp3) is 0.818. The van der Waals surface area contributed by atoms with Crippen LogP contribution in [0.2, 0.25) is 0 Å². The SMILES string of the molecule is Cc1cc(C)c2c(c1C)OC(C)(CCCC(C)CCCC(C)CCCC(C)C)C(CC(O)C(C)O)C2. The molecule has 1 aliphatic rings. The van der Waals surface area contributed by atoms with Crippen molar-refractivity contribution in [3.05, 3.63) is 28.3 Å². The Labute approximate surface area is 223 Å². The minimum atomic E-state index is -0.718. The largest absolute Gasteiger partial charge is 0.487 e. The van der Waals surface area contributed by atoms with E-state index in [9.17, 15) is 10.2 Å². The van der Waals surface area contributed by atoms with E-state index in [0.29, 0.717) is 6.42 Å². The van der Waals surface area contributed by atoms with Gasteiger partial charge in [0.05, 0.1) is 12.2 Å². The summed E-state index contributed by atoms with van der Waals surface area (Å²) in [6, 6.07) is 2.26. The van der Waals surface area contributed by atoms with Gasteiger partial charge in [-0.05, 0) is 100 Å². The Bertz CT molecular complexity index is 799. The van der Waals surface area contributed by atoms with Gasteiger partial charge in [-0.15, -0.1) is 0 Å².